The Morgan fingerprint density at radius 1 is 1.17 bits per heavy atom. The molecule has 0 bridgehead atoms. The Morgan fingerprint density at radius 3 is 2.62 bits per heavy atom. The Kier molecular flexibility index (Phi) is 4.82. The number of fused-ring (bicyclic) bond motifs is 1. The van der Waals surface area contributed by atoms with Crippen LogP contribution >= 0.6 is 0 Å². The number of rotatable bonds is 3. The number of carbonyl (C=O) groups excluding carboxylic acids is 2. The molecule has 2 aromatic rings. The van der Waals surface area contributed by atoms with Crippen molar-refractivity contribution in [2.75, 3.05) is 31.6 Å². The van der Waals surface area contributed by atoms with Crippen molar-refractivity contribution in [1.82, 2.24) is 24.8 Å². The van der Waals surface area contributed by atoms with Gasteiger partial charge >= 0.3 is 0 Å². The van der Waals surface area contributed by atoms with Gasteiger partial charge in [-0.05, 0) is 39.4 Å². The maximum absolute atomic E-state index is 13.2. The Labute approximate surface area is 170 Å². The number of hydrogen-bond donors (Lipinski definition) is 0. The highest BCUT2D eigenvalue weighted by Gasteiger charge is 2.43. The molecule has 0 aliphatic carbocycles. The van der Waals surface area contributed by atoms with E-state index < -0.39 is 6.04 Å². The monoisotopic (exact) mass is 394 g/mol. The Hall–Kier alpha value is -2.87. The number of nitrogens with zero attached hydrogens (tertiary/aromatic N) is 6. The normalized spacial score (nSPS) is 21.4. The maximum Gasteiger partial charge on any atom is 0.280 e. The first kappa shape index (κ1) is 19.4. The summed E-state index contributed by atoms with van der Waals surface area (Å²) in [7, 11) is 2.08. The first-order valence-corrected chi connectivity index (χ1v) is 9.84. The standard InChI is InChI=1S/C21H26N6O2/c1-14-5-6-16(24-12-14)27-15(18-19(20(27)29)23-8-7-22-18)11-17(28)26-10-9-25(4)21(2,3)13-26/h5-8,12,15H,9-11,13H2,1-4H3/t15-/m1/s1. The second-order valence-corrected chi connectivity index (χ2v) is 8.43. The maximum atomic E-state index is 13.2. The van der Waals surface area contributed by atoms with E-state index in [4.69, 9.17) is 0 Å². The van der Waals surface area contributed by atoms with Gasteiger partial charge in [-0.1, -0.05) is 6.07 Å². The van der Waals surface area contributed by atoms with E-state index in [0.29, 0.717) is 30.3 Å². The van der Waals surface area contributed by atoms with Gasteiger partial charge in [0.2, 0.25) is 5.91 Å². The molecule has 8 nitrogen and oxygen atoms in total. The molecular formula is C21H26N6O2. The molecule has 2 aliphatic rings. The molecule has 1 saturated heterocycles. The first-order chi connectivity index (χ1) is 13.8. The van der Waals surface area contributed by atoms with Crippen molar-refractivity contribution in [2.45, 2.75) is 38.8 Å². The van der Waals surface area contributed by atoms with Crippen LogP contribution in [0.1, 0.15) is 48.1 Å². The van der Waals surface area contributed by atoms with Gasteiger partial charge in [0.25, 0.3) is 5.91 Å². The number of anilines is 1. The molecule has 2 aliphatic heterocycles. The molecule has 2 amide bonds. The highest BCUT2D eigenvalue weighted by Crippen LogP contribution is 2.37. The van der Waals surface area contributed by atoms with Crippen LogP contribution in [-0.2, 0) is 4.79 Å². The number of likely N-dealkylation sites (N-methyl/N-ethyl adjacent to an activating group) is 1. The number of pyridine rings is 1. The number of aromatic nitrogens is 3. The Bertz CT molecular complexity index is 942. The minimum Gasteiger partial charge on any atom is -0.340 e. The average Bonchev–Trinajstić information content (AvgIpc) is 2.97. The predicted octanol–water partition coefficient (Wildman–Crippen LogP) is 1.82. The number of piperazine rings is 1. The molecular weight excluding hydrogens is 368 g/mol. The van der Waals surface area contributed by atoms with Crippen LogP contribution in [0.2, 0.25) is 0 Å². The van der Waals surface area contributed by atoms with Crippen LogP contribution < -0.4 is 4.90 Å². The Morgan fingerprint density at radius 2 is 1.93 bits per heavy atom. The van der Waals surface area contributed by atoms with Crippen LogP contribution in [0.3, 0.4) is 0 Å². The predicted molar refractivity (Wildman–Crippen MR) is 108 cm³/mol. The molecule has 0 saturated carbocycles. The van der Waals surface area contributed by atoms with Crippen LogP contribution in [-0.4, -0.2) is 68.8 Å². The summed E-state index contributed by atoms with van der Waals surface area (Å²) in [5, 5.41) is 0. The molecule has 1 fully saturated rings. The van der Waals surface area contributed by atoms with E-state index in [-0.39, 0.29) is 23.8 Å². The lowest BCUT2D eigenvalue weighted by atomic mass is 9.99. The summed E-state index contributed by atoms with van der Waals surface area (Å²) < 4.78 is 0. The highest BCUT2D eigenvalue weighted by atomic mass is 16.2. The van der Waals surface area contributed by atoms with Gasteiger partial charge in [-0.15, -0.1) is 0 Å². The zero-order valence-electron chi connectivity index (χ0n) is 17.3. The summed E-state index contributed by atoms with van der Waals surface area (Å²) in [5.74, 6) is 0.262. The summed E-state index contributed by atoms with van der Waals surface area (Å²) in [4.78, 5) is 45.0. The number of hydrogen-bond acceptors (Lipinski definition) is 6. The summed E-state index contributed by atoms with van der Waals surface area (Å²) >= 11 is 0. The number of aryl methyl sites for hydroxylation is 1. The molecule has 0 radical (unpaired) electrons. The van der Waals surface area contributed by atoms with Crippen molar-refractivity contribution in [2.24, 2.45) is 0 Å². The lowest BCUT2D eigenvalue weighted by Gasteiger charge is -2.45. The molecule has 0 unspecified atom stereocenters. The summed E-state index contributed by atoms with van der Waals surface area (Å²) in [5.41, 5.74) is 1.75. The van der Waals surface area contributed by atoms with E-state index in [1.165, 1.54) is 6.20 Å². The van der Waals surface area contributed by atoms with E-state index in [1.807, 2.05) is 17.9 Å². The highest BCUT2D eigenvalue weighted by molar-refractivity contribution is 6.09. The van der Waals surface area contributed by atoms with Crippen LogP contribution in [0.15, 0.2) is 30.7 Å². The van der Waals surface area contributed by atoms with Crippen molar-refractivity contribution >= 4 is 17.6 Å². The fourth-order valence-corrected chi connectivity index (χ4v) is 3.94. The molecule has 2 aromatic heterocycles. The van der Waals surface area contributed by atoms with Gasteiger partial charge in [0, 0.05) is 43.8 Å². The van der Waals surface area contributed by atoms with Crippen molar-refractivity contribution in [1.29, 1.82) is 0 Å². The van der Waals surface area contributed by atoms with E-state index >= 15 is 0 Å². The zero-order chi connectivity index (χ0) is 20.8. The zero-order valence-corrected chi connectivity index (χ0v) is 17.3. The van der Waals surface area contributed by atoms with Gasteiger partial charge in [0.05, 0.1) is 18.2 Å². The van der Waals surface area contributed by atoms with E-state index in [2.05, 4.69) is 40.7 Å². The van der Waals surface area contributed by atoms with Crippen molar-refractivity contribution in [3.63, 3.8) is 0 Å². The molecule has 1 atom stereocenters. The second kappa shape index (κ2) is 7.18. The molecule has 4 rings (SSSR count). The molecule has 0 aromatic carbocycles. The lowest BCUT2D eigenvalue weighted by molar-refractivity contribution is -0.136. The third-order valence-electron chi connectivity index (χ3n) is 5.95. The van der Waals surface area contributed by atoms with Gasteiger partial charge in [-0.25, -0.2) is 9.97 Å². The van der Waals surface area contributed by atoms with E-state index in [1.54, 1.807) is 23.4 Å². The van der Waals surface area contributed by atoms with Crippen LogP contribution in [0.5, 0.6) is 0 Å². The molecule has 29 heavy (non-hydrogen) atoms. The average molecular weight is 394 g/mol. The molecule has 4 heterocycles. The van der Waals surface area contributed by atoms with E-state index in [0.717, 1.165) is 12.1 Å². The van der Waals surface area contributed by atoms with Crippen molar-refractivity contribution in [3.05, 3.63) is 47.7 Å². The minimum atomic E-state index is -0.503. The summed E-state index contributed by atoms with van der Waals surface area (Å²) in [6, 6.07) is 3.20. The number of carbonyl (C=O) groups is 2. The van der Waals surface area contributed by atoms with Crippen molar-refractivity contribution < 1.29 is 9.59 Å². The van der Waals surface area contributed by atoms with E-state index in [9.17, 15) is 9.59 Å². The second-order valence-electron chi connectivity index (χ2n) is 8.43. The first-order valence-electron chi connectivity index (χ1n) is 9.84. The van der Waals surface area contributed by atoms with Gasteiger partial charge in [0.15, 0.2) is 5.69 Å². The molecule has 152 valence electrons. The smallest absolute Gasteiger partial charge is 0.280 e. The largest absolute Gasteiger partial charge is 0.340 e. The van der Waals surface area contributed by atoms with Crippen LogP contribution in [0, 0.1) is 6.92 Å². The molecule has 8 heteroatoms. The Balaban J connectivity index is 1.63. The number of amides is 2. The lowest BCUT2D eigenvalue weighted by Crippen LogP contribution is -2.59. The van der Waals surface area contributed by atoms with Gasteiger partial charge in [-0.3, -0.25) is 24.4 Å². The summed E-state index contributed by atoms with van der Waals surface area (Å²) in [6.07, 6.45) is 4.94. The fraction of sp³-hybridized carbons (Fsp3) is 0.476. The van der Waals surface area contributed by atoms with Crippen molar-refractivity contribution in [3.8, 4) is 0 Å². The molecule has 0 spiro atoms. The van der Waals surface area contributed by atoms with Gasteiger partial charge in [0.1, 0.15) is 5.82 Å². The van der Waals surface area contributed by atoms with Crippen LogP contribution in [0.4, 0.5) is 5.82 Å². The topological polar surface area (TPSA) is 82.5 Å². The van der Waals surface area contributed by atoms with Gasteiger partial charge in [-0.2, -0.15) is 0 Å². The SMILES string of the molecule is Cc1ccc(N2C(=O)c3nccnc3[C@H]2CC(=O)N2CCN(C)C(C)(C)C2)nc1. The third kappa shape index (κ3) is 3.48. The quantitative estimate of drug-likeness (QED) is 0.790. The van der Waals surface area contributed by atoms with Gasteiger partial charge < -0.3 is 4.90 Å². The molecule has 0 N–H and O–H groups in total. The van der Waals surface area contributed by atoms with Crippen LogP contribution in [0.25, 0.3) is 0 Å². The third-order valence-corrected chi connectivity index (χ3v) is 5.95. The summed E-state index contributed by atoms with van der Waals surface area (Å²) in [6.45, 7) is 8.36. The fourth-order valence-electron chi connectivity index (χ4n) is 3.94. The minimum absolute atomic E-state index is 0.0135.